The van der Waals surface area contributed by atoms with Crippen molar-refractivity contribution in [3.05, 3.63) is 0 Å². The van der Waals surface area contributed by atoms with Crippen LogP contribution in [0.4, 0.5) is 0 Å². The topological polar surface area (TPSA) is 304 Å². The van der Waals surface area contributed by atoms with Crippen LogP contribution in [0.3, 0.4) is 0 Å². The van der Waals surface area contributed by atoms with Crippen molar-refractivity contribution >= 4 is 0 Å². The summed E-state index contributed by atoms with van der Waals surface area (Å²) in [4.78, 5) is 0. The fraction of sp³-hybridized carbons (Fsp3) is 1.00. The number of aliphatic hydroxyl groups is 1. The molecule has 0 aliphatic heterocycles. The van der Waals surface area contributed by atoms with Crippen LogP contribution in [0.1, 0.15) is 6.92 Å². The van der Waals surface area contributed by atoms with E-state index in [1.54, 1.807) is 6.92 Å². The maximum Gasteiger partial charge on any atom is 0.0402 e. The van der Waals surface area contributed by atoms with Gasteiger partial charge in [-0.3, -0.25) is 0 Å². The number of aliphatic hydroxyl groups excluding tert-OH is 1. The Morgan fingerprint density at radius 1 is 0.583 bits per heavy atom. The highest BCUT2D eigenvalue weighted by Crippen LogP contribution is 1.30. The van der Waals surface area contributed by atoms with E-state index in [0.29, 0.717) is 0 Å². The van der Waals surface area contributed by atoms with Crippen LogP contribution in [0, 0.1) is 0 Å². The highest BCUT2D eigenvalue weighted by atomic mass is 16.2. The van der Waals surface area contributed by atoms with E-state index in [1.165, 1.54) is 0 Å². The average molecular weight is 208 g/mol. The fourth-order valence-corrected chi connectivity index (χ4v) is 0. The molecule has 10 nitrogen and oxygen atoms in total. The van der Waals surface area contributed by atoms with E-state index in [2.05, 4.69) is 0 Å². The monoisotopic (exact) mass is 208 g/mol. The second-order valence-electron chi connectivity index (χ2n) is 0.316. The molecule has 0 heterocycles. The Morgan fingerprint density at radius 2 is 0.583 bits per heavy atom. The molecule has 0 aliphatic rings. The standard InChI is InChI=1S/C2H6O.9H2O/c1-2-3;;;;;;;;;/h3H,2H2,1H3;9*1H2. The number of rotatable bonds is 0. The second-order valence-corrected chi connectivity index (χ2v) is 0.316. The van der Waals surface area contributed by atoms with Crippen molar-refractivity contribution in [1.82, 2.24) is 0 Å². The maximum atomic E-state index is 7.57. The third kappa shape index (κ3) is 4440. The first-order chi connectivity index (χ1) is 1.41. The van der Waals surface area contributed by atoms with E-state index in [9.17, 15) is 0 Å². The Labute approximate surface area is 69.2 Å². The molecule has 0 radical (unpaired) electrons. The summed E-state index contributed by atoms with van der Waals surface area (Å²) in [6, 6.07) is 0. The molecular weight excluding hydrogens is 184 g/mol. The molecule has 92 valence electrons. The van der Waals surface area contributed by atoms with E-state index in [4.69, 9.17) is 5.11 Å². The normalized spacial score (nSPS) is 1.50. The smallest absolute Gasteiger partial charge is 0.0402 e. The first-order valence-corrected chi connectivity index (χ1v) is 1.02. The molecule has 0 atom stereocenters. The van der Waals surface area contributed by atoms with Crippen molar-refractivity contribution in [3.63, 3.8) is 0 Å². The zero-order valence-corrected chi connectivity index (χ0v) is 6.65. The lowest BCUT2D eigenvalue weighted by molar-refractivity contribution is 0.318. The van der Waals surface area contributed by atoms with Gasteiger partial charge in [0.2, 0.25) is 0 Å². The Hall–Kier alpha value is -0.400. The quantitative estimate of drug-likeness (QED) is 0.397. The summed E-state index contributed by atoms with van der Waals surface area (Å²) in [7, 11) is 0. The van der Waals surface area contributed by atoms with Crippen LogP contribution in [-0.4, -0.2) is 61.0 Å². The zero-order chi connectivity index (χ0) is 2.71. The Morgan fingerprint density at radius 3 is 0.583 bits per heavy atom. The first kappa shape index (κ1) is 509. The lowest BCUT2D eigenvalue weighted by atomic mass is 10.9. The fourth-order valence-electron chi connectivity index (χ4n) is 0. The lowest BCUT2D eigenvalue weighted by Crippen LogP contribution is -1.57. The molecule has 0 saturated carbocycles. The predicted molar refractivity (Wildman–Crippen MR) is 45.3 cm³/mol. The lowest BCUT2D eigenvalue weighted by Gasteiger charge is -1.52. The molecule has 0 spiro atoms. The van der Waals surface area contributed by atoms with Gasteiger partial charge in [0, 0.05) is 6.61 Å². The summed E-state index contributed by atoms with van der Waals surface area (Å²) < 4.78 is 0. The highest BCUT2D eigenvalue weighted by molar-refractivity contribution is 3.84. The largest absolute Gasteiger partial charge is 0.412 e. The summed E-state index contributed by atoms with van der Waals surface area (Å²) in [6.45, 7) is 1.93. The van der Waals surface area contributed by atoms with Gasteiger partial charge in [0.15, 0.2) is 0 Å². The minimum Gasteiger partial charge on any atom is -0.412 e. The molecule has 0 saturated heterocycles. The van der Waals surface area contributed by atoms with E-state index in [-0.39, 0.29) is 55.9 Å². The van der Waals surface area contributed by atoms with Gasteiger partial charge < -0.3 is 54.4 Å². The van der Waals surface area contributed by atoms with Crippen LogP contribution in [0.25, 0.3) is 0 Å². The molecule has 0 unspecified atom stereocenters. The van der Waals surface area contributed by atoms with Crippen molar-refractivity contribution in [2.75, 3.05) is 6.61 Å². The van der Waals surface area contributed by atoms with Gasteiger partial charge >= 0.3 is 0 Å². The molecule has 0 aromatic heterocycles. The third-order valence-corrected chi connectivity index (χ3v) is 0. The summed E-state index contributed by atoms with van der Waals surface area (Å²) in [5, 5.41) is 7.57. The molecule has 0 aromatic carbocycles. The van der Waals surface area contributed by atoms with Crippen LogP contribution < -0.4 is 0 Å². The minimum absolute atomic E-state index is 0. The van der Waals surface area contributed by atoms with E-state index in [0.717, 1.165) is 0 Å². The molecule has 0 amide bonds. The molecule has 0 aliphatic carbocycles. The molecule has 0 bridgehead atoms. The minimum atomic E-state index is 0. The van der Waals surface area contributed by atoms with E-state index >= 15 is 0 Å². The molecule has 19 N–H and O–H groups in total. The van der Waals surface area contributed by atoms with Gasteiger partial charge in [-0.1, -0.05) is 0 Å². The van der Waals surface area contributed by atoms with E-state index in [1.807, 2.05) is 0 Å². The molecule has 0 aromatic rings. The Kier molecular flexibility index (Phi) is 115000. The van der Waals surface area contributed by atoms with Crippen molar-refractivity contribution in [2.45, 2.75) is 6.92 Å². The first-order valence-electron chi connectivity index (χ1n) is 1.02. The van der Waals surface area contributed by atoms with Gasteiger partial charge in [-0.15, -0.1) is 0 Å². The highest BCUT2D eigenvalue weighted by Gasteiger charge is 1.34. The van der Waals surface area contributed by atoms with Gasteiger partial charge in [-0.2, -0.15) is 0 Å². The summed E-state index contributed by atoms with van der Waals surface area (Å²) in [6.07, 6.45) is 0. The van der Waals surface area contributed by atoms with E-state index < -0.39 is 0 Å². The van der Waals surface area contributed by atoms with Crippen LogP contribution in [0.15, 0.2) is 0 Å². The summed E-state index contributed by atoms with van der Waals surface area (Å²) in [5.41, 5.74) is 0. The van der Waals surface area contributed by atoms with Gasteiger partial charge in [-0.25, -0.2) is 0 Å². The van der Waals surface area contributed by atoms with Crippen LogP contribution in [0.2, 0.25) is 0 Å². The number of hydrogen-bond donors (Lipinski definition) is 1. The maximum absolute atomic E-state index is 7.57. The molecule has 12 heavy (non-hydrogen) atoms. The van der Waals surface area contributed by atoms with Crippen molar-refractivity contribution in [2.24, 2.45) is 0 Å². The van der Waals surface area contributed by atoms with Crippen molar-refractivity contribution < 1.29 is 54.4 Å². The Balaban J connectivity index is -0.000000000556. The van der Waals surface area contributed by atoms with Gasteiger partial charge in [0.05, 0.1) is 0 Å². The van der Waals surface area contributed by atoms with Gasteiger partial charge in [0.25, 0.3) is 0 Å². The van der Waals surface area contributed by atoms with Crippen LogP contribution in [-0.2, 0) is 0 Å². The van der Waals surface area contributed by atoms with Gasteiger partial charge in [0.1, 0.15) is 0 Å². The Bertz CT molecular complexity index is 7.80. The molecule has 0 fully saturated rings. The van der Waals surface area contributed by atoms with Gasteiger partial charge in [-0.05, 0) is 6.92 Å². The number of hydrogen-bond acceptors (Lipinski definition) is 1. The SMILES string of the molecule is CCO.O.O.O.O.O.O.O.O.O. The zero-order valence-electron chi connectivity index (χ0n) is 6.65. The predicted octanol–water partition coefficient (Wildman–Crippen LogP) is -7.42. The second kappa shape index (κ2) is 2710. The summed E-state index contributed by atoms with van der Waals surface area (Å²) >= 11 is 0. The van der Waals surface area contributed by atoms with Crippen molar-refractivity contribution in [3.8, 4) is 0 Å². The summed E-state index contributed by atoms with van der Waals surface area (Å²) in [5.74, 6) is 0. The van der Waals surface area contributed by atoms with Crippen molar-refractivity contribution in [1.29, 1.82) is 0 Å². The third-order valence-electron chi connectivity index (χ3n) is 0. The average Bonchev–Trinajstić information content (AvgIpc) is 0.918. The van der Waals surface area contributed by atoms with Crippen LogP contribution in [0.5, 0.6) is 0 Å². The van der Waals surface area contributed by atoms with Crippen LogP contribution >= 0.6 is 0 Å². The molecule has 10 heteroatoms. The molecular formula is C2H24O10. The molecule has 0 rings (SSSR count).